The molecule has 4 aliphatic carbocycles. The van der Waals surface area contributed by atoms with Crippen molar-refractivity contribution in [2.24, 2.45) is 0 Å². The van der Waals surface area contributed by atoms with E-state index in [1.165, 1.54) is 0 Å². The van der Waals surface area contributed by atoms with E-state index in [-0.39, 0.29) is 23.7 Å². The normalized spacial score (nSPS) is 22.5. The van der Waals surface area contributed by atoms with Crippen LogP contribution in [0.1, 0.15) is 149 Å². The van der Waals surface area contributed by atoms with E-state index in [4.69, 9.17) is 0 Å². The number of phenolic OH excluding ortho intramolecular Hbond substituents is 2. The van der Waals surface area contributed by atoms with Crippen molar-refractivity contribution < 1.29 is 18.6 Å². The average Bonchev–Trinajstić information content (AvgIpc) is 3.72. The summed E-state index contributed by atoms with van der Waals surface area (Å²) in [6.07, 6.45) is 17.2. The van der Waals surface area contributed by atoms with Gasteiger partial charge in [-0.1, -0.05) is 51.4 Å². The van der Waals surface area contributed by atoms with Crippen LogP contribution in [0.25, 0.3) is 0 Å². The van der Waals surface area contributed by atoms with E-state index in [2.05, 4.69) is 0 Å². The van der Waals surface area contributed by atoms with Gasteiger partial charge in [0, 0.05) is 0 Å². The van der Waals surface area contributed by atoms with E-state index in [0.29, 0.717) is 21.3 Å². The molecule has 6 rings (SSSR count). The summed E-state index contributed by atoms with van der Waals surface area (Å²) in [6.45, 7) is 0. The third-order valence-corrected chi connectivity index (χ3v) is 11.8. The monoisotopic (exact) mass is 522 g/mol. The van der Waals surface area contributed by atoms with Crippen LogP contribution < -0.4 is 0 Å². The topological polar surface area (TPSA) is 74.6 Å². The highest BCUT2D eigenvalue weighted by Crippen LogP contribution is 2.49. The fourth-order valence-electron chi connectivity index (χ4n) is 7.94. The standard InChI is InChI=1S/C32H42O4S/c33-31-27(21-9-1-2-10-21)17-25(18-28(31)22-11-3-4-12-22)37(35,36)26-19-29(23-13-5-6-14-23)32(34)30(20-26)24-15-7-8-16-24/h17-24,33-34H,1-16H2. The Hall–Kier alpha value is -2.01. The zero-order valence-electron chi connectivity index (χ0n) is 22.1. The second-order valence-corrected chi connectivity index (χ2v) is 14.3. The van der Waals surface area contributed by atoms with Gasteiger partial charge in [-0.25, -0.2) is 8.42 Å². The van der Waals surface area contributed by atoms with Gasteiger partial charge in [0.05, 0.1) is 9.79 Å². The molecule has 0 atom stereocenters. The molecule has 0 bridgehead atoms. The van der Waals surface area contributed by atoms with E-state index in [9.17, 15) is 18.6 Å². The predicted molar refractivity (Wildman–Crippen MR) is 147 cm³/mol. The minimum atomic E-state index is -3.80. The van der Waals surface area contributed by atoms with Crippen LogP contribution in [-0.4, -0.2) is 18.6 Å². The van der Waals surface area contributed by atoms with Crippen molar-refractivity contribution in [3.8, 4) is 11.5 Å². The number of aromatic hydroxyl groups is 2. The lowest BCUT2D eigenvalue weighted by atomic mass is 9.89. The second kappa shape index (κ2) is 10.3. The van der Waals surface area contributed by atoms with Crippen molar-refractivity contribution >= 4 is 9.84 Å². The molecule has 0 aromatic heterocycles. The largest absolute Gasteiger partial charge is 0.507 e. The Labute approximate surface area is 222 Å². The van der Waals surface area contributed by atoms with Crippen molar-refractivity contribution in [3.63, 3.8) is 0 Å². The van der Waals surface area contributed by atoms with Crippen LogP contribution in [-0.2, 0) is 9.84 Å². The number of hydrogen-bond acceptors (Lipinski definition) is 4. The van der Waals surface area contributed by atoms with Crippen LogP contribution in [0.5, 0.6) is 11.5 Å². The molecule has 2 aromatic rings. The van der Waals surface area contributed by atoms with Crippen LogP contribution in [0, 0.1) is 0 Å². The lowest BCUT2D eigenvalue weighted by molar-refractivity contribution is 0.446. The fraction of sp³-hybridized carbons (Fsp3) is 0.625. The Morgan fingerprint density at radius 3 is 0.892 bits per heavy atom. The second-order valence-electron chi connectivity index (χ2n) is 12.3. The number of phenols is 2. The summed E-state index contributed by atoms with van der Waals surface area (Å²) in [5.41, 5.74) is 3.36. The van der Waals surface area contributed by atoms with Gasteiger partial charge < -0.3 is 10.2 Å². The highest BCUT2D eigenvalue weighted by molar-refractivity contribution is 7.91. The van der Waals surface area contributed by atoms with E-state index >= 15 is 0 Å². The van der Waals surface area contributed by atoms with Crippen molar-refractivity contribution in [3.05, 3.63) is 46.5 Å². The quantitative estimate of drug-likeness (QED) is 0.398. The first-order valence-corrected chi connectivity index (χ1v) is 16.4. The summed E-state index contributed by atoms with van der Waals surface area (Å²) in [6, 6.07) is 7.15. The Morgan fingerprint density at radius 2 is 0.676 bits per heavy atom. The molecular weight excluding hydrogens is 480 g/mol. The van der Waals surface area contributed by atoms with Crippen LogP contribution in [0.4, 0.5) is 0 Å². The van der Waals surface area contributed by atoms with Gasteiger partial charge in [0.2, 0.25) is 9.84 Å². The Bertz CT molecular complexity index is 1070. The molecule has 37 heavy (non-hydrogen) atoms. The summed E-state index contributed by atoms with van der Waals surface area (Å²) in [7, 11) is -3.80. The number of hydrogen-bond donors (Lipinski definition) is 2. The molecule has 0 spiro atoms. The van der Waals surface area contributed by atoms with Crippen LogP contribution in [0.2, 0.25) is 0 Å². The molecule has 0 radical (unpaired) electrons. The van der Waals surface area contributed by atoms with Gasteiger partial charge in [0.25, 0.3) is 0 Å². The number of sulfone groups is 1. The smallest absolute Gasteiger partial charge is 0.206 e. The van der Waals surface area contributed by atoms with Crippen LogP contribution in [0.15, 0.2) is 34.1 Å². The molecular formula is C32H42O4S. The maximum absolute atomic E-state index is 14.4. The molecule has 5 heteroatoms. The van der Waals surface area contributed by atoms with Crippen LogP contribution in [0.3, 0.4) is 0 Å². The molecule has 0 heterocycles. The molecule has 4 saturated carbocycles. The molecule has 200 valence electrons. The van der Waals surface area contributed by atoms with Gasteiger partial charge in [-0.15, -0.1) is 0 Å². The molecule has 2 N–H and O–H groups in total. The Balaban J connectivity index is 1.49. The van der Waals surface area contributed by atoms with E-state index in [0.717, 1.165) is 125 Å². The Morgan fingerprint density at radius 1 is 0.459 bits per heavy atom. The van der Waals surface area contributed by atoms with Crippen LogP contribution >= 0.6 is 0 Å². The molecule has 2 aromatic carbocycles. The first-order chi connectivity index (χ1) is 17.9. The summed E-state index contributed by atoms with van der Waals surface area (Å²) in [5.74, 6) is 1.64. The molecule has 0 amide bonds. The molecule has 0 saturated heterocycles. The minimum absolute atomic E-state index is 0.234. The zero-order valence-corrected chi connectivity index (χ0v) is 22.9. The first-order valence-electron chi connectivity index (χ1n) is 14.9. The third-order valence-electron chi connectivity index (χ3n) is 10.1. The molecule has 4 aliphatic rings. The fourth-order valence-corrected chi connectivity index (χ4v) is 9.34. The lowest BCUT2D eigenvalue weighted by Crippen LogP contribution is -2.10. The molecule has 0 aliphatic heterocycles. The number of rotatable bonds is 6. The van der Waals surface area contributed by atoms with Crippen molar-refractivity contribution in [2.45, 2.75) is 136 Å². The predicted octanol–water partition coefficient (Wildman–Crippen LogP) is 8.56. The highest BCUT2D eigenvalue weighted by atomic mass is 32.2. The van der Waals surface area contributed by atoms with Gasteiger partial charge in [-0.2, -0.15) is 0 Å². The molecule has 4 nitrogen and oxygen atoms in total. The average molecular weight is 523 g/mol. The van der Waals surface area contributed by atoms with Crippen molar-refractivity contribution in [1.29, 1.82) is 0 Å². The summed E-state index contributed by atoms with van der Waals surface area (Å²) < 4.78 is 28.7. The van der Waals surface area contributed by atoms with Gasteiger partial charge in [0.15, 0.2) is 0 Å². The SMILES string of the molecule is O=S(=O)(c1cc(C2CCCC2)c(O)c(C2CCCC2)c1)c1cc(C2CCCC2)c(O)c(C2CCCC2)c1. The minimum Gasteiger partial charge on any atom is -0.507 e. The summed E-state index contributed by atoms with van der Waals surface area (Å²) >= 11 is 0. The molecule has 0 unspecified atom stereocenters. The first kappa shape index (κ1) is 25.3. The van der Waals surface area contributed by atoms with E-state index < -0.39 is 9.84 Å². The van der Waals surface area contributed by atoms with Gasteiger partial charge in [-0.3, -0.25) is 0 Å². The van der Waals surface area contributed by atoms with Crippen molar-refractivity contribution in [1.82, 2.24) is 0 Å². The third kappa shape index (κ3) is 4.70. The van der Waals surface area contributed by atoms with E-state index in [1.807, 2.05) is 0 Å². The summed E-state index contributed by atoms with van der Waals surface area (Å²) in [5, 5.41) is 22.7. The lowest BCUT2D eigenvalue weighted by Gasteiger charge is -2.22. The van der Waals surface area contributed by atoms with Gasteiger partial charge in [-0.05, 0) is 122 Å². The van der Waals surface area contributed by atoms with Gasteiger partial charge in [0.1, 0.15) is 11.5 Å². The number of benzene rings is 2. The van der Waals surface area contributed by atoms with Gasteiger partial charge >= 0.3 is 0 Å². The van der Waals surface area contributed by atoms with Crippen molar-refractivity contribution in [2.75, 3.05) is 0 Å². The maximum atomic E-state index is 14.4. The highest BCUT2D eigenvalue weighted by Gasteiger charge is 2.33. The Kier molecular flexibility index (Phi) is 7.02. The molecule has 4 fully saturated rings. The maximum Gasteiger partial charge on any atom is 0.206 e. The zero-order chi connectivity index (χ0) is 25.6. The van der Waals surface area contributed by atoms with E-state index in [1.54, 1.807) is 24.3 Å². The summed E-state index contributed by atoms with van der Waals surface area (Å²) in [4.78, 5) is 0.657.